The van der Waals surface area contributed by atoms with E-state index in [2.05, 4.69) is 0 Å². The third-order valence-electron chi connectivity index (χ3n) is 5.99. The van der Waals surface area contributed by atoms with Gasteiger partial charge in [-0.25, -0.2) is 4.98 Å². The first kappa shape index (κ1) is 23.2. The molecule has 4 rings (SSSR count). The van der Waals surface area contributed by atoms with Crippen molar-refractivity contribution in [1.82, 2.24) is 14.5 Å². The predicted molar refractivity (Wildman–Crippen MR) is 135 cm³/mol. The summed E-state index contributed by atoms with van der Waals surface area (Å²) < 4.78 is 7.15. The zero-order valence-electron chi connectivity index (χ0n) is 20.0. The van der Waals surface area contributed by atoms with E-state index in [1.807, 2.05) is 87.5 Å². The third kappa shape index (κ3) is 4.31. The van der Waals surface area contributed by atoms with Crippen LogP contribution in [0.2, 0.25) is 0 Å². The molecular weight excluding hydrogens is 426 g/mol. The van der Waals surface area contributed by atoms with E-state index in [0.717, 1.165) is 12.0 Å². The largest absolute Gasteiger partial charge is 0.495 e. The summed E-state index contributed by atoms with van der Waals surface area (Å²) in [5.41, 5.74) is 2.69. The number of rotatable bonds is 7. The van der Waals surface area contributed by atoms with Crippen LogP contribution in [0, 0.1) is 6.92 Å². The van der Waals surface area contributed by atoms with Gasteiger partial charge in [-0.3, -0.25) is 14.2 Å². The second kappa shape index (κ2) is 9.91. The highest BCUT2D eigenvalue weighted by atomic mass is 16.5. The SMILES string of the molecule is CCCN(C(=O)c1ccc(C)cc1)C(C)c1nc2ccccc2c(=O)n1-c1ccccc1OC. The van der Waals surface area contributed by atoms with Gasteiger partial charge in [-0.1, -0.05) is 48.9 Å². The minimum absolute atomic E-state index is 0.0941. The van der Waals surface area contributed by atoms with Gasteiger partial charge in [0.2, 0.25) is 0 Å². The van der Waals surface area contributed by atoms with Crippen molar-refractivity contribution < 1.29 is 9.53 Å². The van der Waals surface area contributed by atoms with Crippen LogP contribution >= 0.6 is 0 Å². The van der Waals surface area contributed by atoms with Gasteiger partial charge in [-0.2, -0.15) is 0 Å². The number of para-hydroxylation sites is 3. The van der Waals surface area contributed by atoms with Gasteiger partial charge in [-0.15, -0.1) is 0 Å². The second-order valence-corrected chi connectivity index (χ2v) is 8.34. The Hall–Kier alpha value is -3.93. The van der Waals surface area contributed by atoms with Crippen LogP contribution in [0.3, 0.4) is 0 Å². The summed E-state index contributed by atoms with van der Waals surface area (Å²) in [5, 5.41) is 0.510. The summed E-state index contributed by atoms with van der Waals surface area (Å²) in [6.45, 7) is 6.47. The Morgan fingerprint density at radius 3 is 2.41 bits per heavy atom. The third-order valence-corrected chi connectivity index (χ3v) is 5.99. The fourth-order valence-corrected chi connectivity index (χ4v) is 4.19. The summed E-state index contributed by atoms with van der Waals surface area (Å²) in [4.78, 5) is 34.0. The van der Waals surface area contributed by atoms with Crippen molar-refractivity contribution in [3.63, 3.8) is 0 Å². The molecule has 0 aliphatic heterocycles. The van der Waals surface area contributed by atoms with Crippen LogP contribution in [0.25, 0.3) is 16.6 Å². The van der Waals surface area contributed by atoms with Crippen molar-refractivity contribution in [2.24, 2.45) is 0 Å². The van der Waals surface area contributed by atoms with Gasteiger partial charge >= 0.3 is 0 Å². The number of amides is 1. The fourth-order valence-electron chi connectivity index (χ4n) is 4.19. The lowest BCUT2D eigenvalue weighted by Gasteiger charge is -2.30. The fraction of sp³-hybridized carbons (Fsp3) is 0.250. The summed E-state index contributed by atoms with van der Waals surface area (Å²) in [6, 6.07) is 21.7. The predicted octanol–water partition coefficient (Wildman–Crippen LogP) is 5.32. The number of fused-ring (bicyclic) bond motifs is 1. The minimum atomic E-state index is -0.462. The zero-order valence-corrected chi connectivity index (χ0v) is 20.0. The van der Waals surface area contributed by atoms with Crippen molar-refractivity contribution in [3.05, 3.63) is 100 Å². The summed E-state index contributed by atoms with van der Waals surface area (Å²) in [6.07, 6.45) is 0.772. The topological polar surface area (TPSA) is 64.4 Å². The molecule has 0 aliphatic rings. The lowest BCUT2D eigenvalue weighted by atomic mass is 10.1. The maximum Gasteiger partial charge on any atom is 0.266 e. The molecule has 174 valence electrons. The summed E-state index contributed by atoms with van der Waals surface area (Å²) in [7, 11) is 1.58. The van der Waals surface area contributed by atoms with E-state index in [9.17, 15) is 9.59 Å². The summed E-state index contributed by atoms with van der Waals surface area (Å²) in [5.74, 6) is 0.951. The zero-order chi connectivity index (χ0) is 24.2. The molecule has 0 radical (unpaired) electrons. The molecule has 1 unspecified atom stereocenters. The molecule has 3 aromatic carbocycles. The van der Waals surface area contributed by atoms with Crippen LogP contribution < -0.4 is 10.3 Å². The Morgan fingerprint density at radius 2 is 1.71 bits per heavy atom. The molecule has 0 bridgehead atoms. The number of hydrogen-bond donors (Lipinski definition) is 0. The van der Waals surface area contributed by atoms with Crippen LogP contribution in [0.5, 0.6) is 5.75 Å². The van der Waals surface area contributed by atoms with Gasteiger partial charge in [0.05, 0.1) is 29.7 Å². The average Bonchev–Trinajstić information content (AvgIpc) is 2.87. The molecular formula is C28H29N3O3. The minimum Gasteiger partial charge on any atom is -0.495 e. The van der Waals surface area contributed by atoms with Gasteiger partial charge in [0, 0.05) is 12.1 Å². The van der Waals surface area contributed by atoms with E-state index in [1.165, 1.54) is 0 Å². The summed E-state index contributed by atoms with van der Waals surface area (Å²) >= 11 is 0. The van der Waals surface area contributed by atoms with E-state index in [0.29, 0.717) is 40.3 Å². The lowest BCUT2D eigenvalue weighted by molar-refractivity contribution is 0.0681. The van der Waals surface area contributed by atoms with Crippen LogP contribution in [-0.2, 0) is 0 Å². The standard InChI is InChI=1S/C28H29N3O3/c1-5-18-30(27(32)21-16-14-19(2)15-17-21)20(3)26-29-23-11-7-6-10-22(23)28(33)31(26)24-12-8-9-13-25(24)34-4/h6-17,20H,5,18H2,1-4H3. The van der Waals surface area contributed by atoms with Crippen molar-refractivity contribution >= 4 is 16.8 Å². The molecule has 34 heavy (non-hydrogen) atoms. The van der Waals surface area contributed by atoms with Crippen molar-refractivity contribution in [2.45, 2.75) is 33.2 Å². The molecule has 0 spiro atoms. The normalized spacial score (nSPS) is 11.9. The van der Waals surface area contributed by atoms with Gasteiger partial charge in [0.15, 0.2) is 0 Å². The van der Waals surface area contributed by atoms with Gasteiger partial charge in [-0.05, 0) is 56.7 Å². The van der Waals surface area contributed by atoms with Crippen molar-refractivity contribution in [1.29, 1.82) is 0 Å². The Morgan fingerprint density at radius 1 is 1.03 bits per heavy atom. The van der Waals surface area contributed by atoms with Gasteiger partial charge in [0.1, 0.15) is 11.6 Å². The number of nitrogens with zero attached hydrogens (tertiary/aromatic N) is 3. The number of carbonyl (C=O) groups is 1. The van der Waals surface area contributed by atoms with Crippen LogP contribution in [-0.4, -0.2) is 34.0 Å². The molecule has 0 aliphatic carbocycles. The highest BCUT2D eigenvalue weighted by Gasteiger charge is 2.28. The molecule has 0 saturated carbocycles. The maximum absolute atomic E-state index is 13.7. The van der Waals surface area contributed by atoms with Crippen LogP contribution in [0.15, 0.2) is 77.6 Å². The Labute approximate surface area is 199 Å². The smallest absolute Gasteiger partial charge is 0.266 e. The van der Waals surface area contributed by atoms with E-state index >= 15 is 0 Å². The first-order chi connectivity index (χ1) is 16.5. The Kier molecular flexibility index (Phi) is 6.77. The number of aryl methyl sites for hydroxylation is 1. The number of methoxy groups -OCH3 is 1. The Bertz CT molecular complexity index is 1380. The molecule has 1 heterocycles. The molecule has 1 amide bonds. The second-order valence-electron chi connectivity index (χ2n) is 8.34. The number of ether oxygens (including phenoxy) is 1. The lowest BCUT2D eigenvalue weighted by Crippen LogP contribution is -2.38. The Balaban J connectivity index is 1.93. The van der Waals surface area contributed by atoms with E-state index in [-0.39, 0.29) is 11.5 Å². The molecule has 4 aromatic rings. The monoisotopic (exact) mass is 455 g/mol. The van der Waals surface area contributed by atoms with Gasteiger partial charge in [0.25, 0.3) is 11.5 Å². The number of carbonyl (C=O) groups excluding carboxylic acids is 1. The van der Waals surface area contributed by atoms with E-state index in [4.69, 9.17) is 9.72 Å². The van der Waals surface area contributed by atoms with Crippen molar-refractivity contribution in [3.8, 4) is 11.4 Å². The quantitative estimate of drug-likeness (QED) is 0.379. The van der Waals surface area contributed by atoms with Crippen LogP contribution in [0.1, 0.15) is 48.1 Å². The molecule has 1 aromatic heterocycles. The van der Waals surface area contributed by atoms with Crippen LogP contribution in [0.4, 0.5) is 0 Å². The molecule has 0 saturated heterocycles. The van der Waals surface area contributed by atoms with Crippen molar-refractivity contribution in [2.75, 3.05) is 13.7 Å². The molecule has 0 fully saturated rings. The number of hydrogen-bond acceptors (Lipinski definition) is 4. The molecule has 1 atom stereocenters. The number of aromatic nitrogens is 2. The van der Waals surface area contributed by atoms with E-state index < -0.39 is 6.04 Å². The van der Waals surface area contributed by atoms with E-state index in [1.54, 1.807) is 22.6 Å². The highest BCUT2D eigenvalue weighted by molar-refractivity contribution is 5.94. The highest BCUT2D eigenvalue weighted by Crippen LogP contribution is 2.28. The average molecular weight is 456 g/mol. The number of benzene rings is 3. The molecule has 6 heteroatoms. The van der Waals surface area contributed by atoms with Gasteiger partial charge < -0.3 is 9.64 Å². The molecule has 6 nitrogen and oxygen atoms in total. The maximum atomic E-state index is 13.7. The first-order valence-electron chi connectivity index (χ1n) is 11.5. The first-order valence-corrected chi connectivity index (χ1v) is 11.5. The molecule has 0 N–H and O–H groups in total.